The highest BCUT2D eigenvalue weighted by Crippen LogP contribution is 2.24. The third-order valence-electron chi connectivity index (χ3n) is 5.17. The Labute approximate surface area is 187 Å². The van der Waals surface area contributed by atoms with Gasteiger partial charge in [0.2, 0.25) is 0 Å². The molecule has 0 fully saturated rings. The van der Waals surface area contributed by atoms with Crippen molar-refractivity contribution in [2.45, 2.75) is 38.4 Å². The zero-order valence-electron chi connectivity index (χ0n) is 17.9. The Morgan fingerprint density at radius 1 is 0.844 bits per heavy atom. The van der Waals surface area contributed by atoms with Gasteiger partial charge in [-0.2, -0.15) is 0 Å². The van der Waals surface area contributed by atoms with Crippen LogP contribution in [0, 0.1) is 0 Å². The molecule has 4 rings (SSSR count). The van der Waals surface area contributed by atoms with Crippen molar-refractivity contribution in [3.05, 3.63) is 90.6 Å². The molecule has 1 unspecified atom stereocenters. The summed E-state index contributed by atoms with van der Waals surface area (Å²) < 4.78 is 11.6. The van der Waals surface area contributed by atoms with Gasteiger partial charge < -0.3 is 14.6 Å². The summed E-state index contributed by atoms with van der Waals surface area (Å²) in [7, 11) is 0. The Kier molecular flexibility index (Phi) is 7.60. The van der Waals surface area contributed by atoms with E-state index < -0.39 is 6.10 Å². The molecule has 0 aliphatic rings. The van der Waals surface area contributed by atoms with E-state index in [0.717, 1.165) is 41.5 Å². The van der Waals surface area contributed by atoms with E-state index in [1.165, 1.54) is 0 Å². The number of rotatable bonds is 11. The molecule has 0 aliphatic carbocycles. The fourth-order valence-corrected chi connectivity index (χ4v) is 3.43. The van der Waals surface area contributed by atoms with Crippen LogP contribution in [0.25, 0.3) is 10.9 Å². The van der Waals surface area contributed by atoms with E-state index in [9.17, 15) is 5.11 Å². The zero-order chi connectivity index (χ0) is 22.0. The maximum atomic E-state index is 10.6. The van der Waals surface area contributed by atoms with Gasteiger partial charge in [-0.15, -0.1) is 0 Å². The number of benzene rings is 2. The summed E-state index contributed by atoms with van der Waals surface area (Å²) in [4.78, 5) is 12.9. The average molecular weight is 430 g/mol. The molecule has 0 aliphatic heterocycles. The molecule has 6 heteroatoms. The first-order chi connectivity index (χ1) is 15.8. The first-order valence-electron chi connectivity index (χ1n) is 10.9. The minimum Gasteiger partial charge on any atom is -0.494 e. The van der Waals surface area contributed by atoms with Crippen LogP contribution in [-0.2, 0) is 6.61 Å². The monoisotopic (exact) mass is 429 g/mol. The fourth-order valence-electron chi connectivity index (χ4n) is 3.43. The van der Waals surface area contributed by atoms with Crippen molar-refractivity contribution in [2.75, 3.05) is 6.61 Å². The van der Waals surface area contributed by atoms with Crippen LogP contribution in [0.3, 0.4) is 0 Å². The molecule has 2 aromatic carbocycles. The molecule has 0 spiro atoms. The van der Waals surface area contributed by atoms with Crippen LogP contribution >= 0.6 is 0 Å². The van der Waals surface area contributed by atoms with Gasteiger partial charge in [0.15, 0.2) is 5.82 Å². The fraction of sp³-hybridized carbons (Fsp3) is 0.269. The summed E-state index contributed by atoms with van der Waals surface area (Å²) in [6, 6.07) is 19.3. The third kappa shape index (κ3) is 6.25. The van der Waals surface area contributed by atoms with Gasteiger partial charge in [-0.1, -0.05) is 36.8 Å². The number of pyridine rings is 1. The SMILES string of the molecule is OC(CCCCCOc1ccccc1)c1cccc(OCc2ncc3cnccc3n2)c1. The van der Waals surface area contributed by atoms with Crippen LogP contribution in [0.1, 0.15) is 43.2 Å². The maximum absolute atomic E-state index is 10.6. The van der Waals surface area contributed by atoms with Crippen LogP contribution in [-0.4, -0.2) is 26.7 Å². The van der Waals surface area contributed by atoms with Crippen molar-refractivity contribution in [3.8, 4) is 11.5 Å². The van der Waals surface area contributed by atoms with Gasteiger partial charge in [-0.25, -0.2) is 9.97 Å². The molecule has 0 saturated carbocycles. The summed E-state index contributed by atoms with van der Waals surface area (Å²) in [6.07, 6.45) is 8.29. The van der Waals surface area contributed by atoms with Crippen LogP contribution < -0.4 is 9.47 Å². The van der Waals surface area contributed by atoms with Gasteiger partial charge in [-0.05, 0) is 55.2 Å². The Balaban J connectivity index is 1.21. The average Bonchev–Trinajstić information content (AvgIpc) is 2.85. The molecule has 0 amide bonds. The number of aliphatic hydroxyl groups excluding tert-OH is 1. The zero-order valence-corrected chi connectivity index (χ0v) is 17.9. The first kappa shape index (κ1) is 21.7. The number of hydrogen-bond donors (Lipinski definition) is 1. The van der Waals surface area contributed by atoms with Crippen molar-refractivity contribution in [2.24, 2.45) is 0 Å². The van der Waals surface area contributed by atoms with Crippen molar-refractivity contribution in [1.29, 1.82) is 0 Å². The molecule has 1 N–H and O–H groups in total. The molecule has 0 radical (unpaired) electrons. The van der Waals surface area contributed by atoms with Crippen molar-refractivity contribution >= 4 is 10.9 Å². The Bertz CT molecular complexity index is 1120. The summed E-state index contributed by atoms with van der Waals surface area (Å²) in [6.45, 7) is 0.954. The van der Waals surface area contributed by atoms with E-state index in [1.54, 1.807) is 18.6 Å². The quantitative estimate of drug-likeness (QED) is 0.327. The molecule has 32 heavy (non-hydrogen) atoms. The van der Waals surface area contributed by atoms with Gasteiger partial charge in [-0.3, -0.25) is 4.98 Å². The lowest BCUT2D eigenvalue weighted by atomic mass is 10.0. The number of fused-ring (bicyclic) bond motifs is 1. The Hall–Kier alpha value is -3.51. The van der Waals surface area contributed by atoms with Crippen molar-refractivity contribution < 1.29 is 14.6 Å². The lowest BCUT2D eigenvalue weighted by molar-refractivity contribution is 0.161. The molecule has 0 saturated heterocycles. The lowest BCUT2D eigenvalue weighted by Crippen LogP contribution is -2.03. The van der Waals surface area contributed by atoms with Gasteiger partial charge in [0.1, 0.15) is 18.1 Å². The van der Waals surface area contributed by atoms with Crippen LogP contribution in [0.4, 0.5) is 0 Å². The van der Waals surface area contributed by atoms with E-state index in [0.29, 0.717) is 24.6 Å². The maximum Gasteiger partial charge on any atom is 0.166 e. The van der Waals surface area contributed by atoms with E-state index in [4.69, 9.17) is 9.47 Å². The van der Waals surface area contributed by atoms with E-state index in [2.05, 4.69) is 15.0 Å². The second-order valence-electron chi connectivity index (χ2n) is 7.61. The predicted molar refractivity (Wildman–Crippen MR) is 123 cm³/mol. The highest BCUT2D eigenvalue weighted by atomic mass is 16.5. The summed E-state index contributed by atoms with van der Waals surface area (Å²) in [5.74, 6) is 2.19. The topological polar surface area (TPSA) is 77.4 Å². The second-order valence-corrected chi connectivity index (χ2v) is 7.61. The molecule has 2 heterocycles. The Morgan fingerprint density at radius 2 is 1.72 bits per heavy atom. The highest BCUT2D eigenvalue weighted by Gasteiger charge is 2.09. The molecular formula is C26H27N3O3. The predicted octanol–water partition coefficient (Wildman–Crippen LogP) is 5.28. The molecule has 0 bridgehead atoms. The number of aliphatic hydroxyl groups is 1. The van der Waals surface area contributed by atoms with Gasteiger partial charge >= 0.3 is 0 Å². The molecule has 164 valence electrons. The molecular weight excluding hydrogens is 402 g/mol. The van der Waals surface area contributed by atoms with Crippen molar-refractivity contribution in [3.63, 3.8) is 0 Å². The first-order valence-corrected chi connectivity index (χ1v) is 10.9. The summed E-state index contributed by atoms with van der Waals surface area (Å²) >= 11 is 0. The largest absolute Gasteiger partial charge is 0.494 e. The van der Waals surface area contributed by atoms with Gasteiger partial charge in [0.25, 0.3) is 0 Å². The van der Waals surface area contributed by atoms with E-state index >= 15 is 0 Å². The smallest absolute Gasteiger partial charge is 0.166 e. The number of unbranched alkanes of at least 4 members (excludes halogenated alkanes) is 2. The second kappa shape index (κ2) is 11.2. The van der Waals surface area contributed by atoms with Crippen LogP contribution in [0.15, 0.2) is 79.3 Å². The molecule has 6 nitrogen and oxygen atoms in total. The standard InChI is InChI=1S/C26H27N3O3/c30-25(12-5-2-6-15-31-22-9-3-1-4-10-22)20-8-7-11-23(16-20)32-19-26-28-18-21-17-27-14-13-24(21)29-26/h1,3-4,7-11,13-14,16-18,25,30H,2,5-6,12,15,19H2. The number of para-hydroxylation sites is 1. The van der Waals surface area contributed by atoms with E-state index in [-0.39, 0.29) is 6.61 Å². The number of nitrogens with zero attached hydrogens (tertiary/aromatic N) is 3. The molecule has 1 atom stereocenters. The van der Waals surface area contributed by atoms with Crippen LogP contribution in [0.2, 0.25) is 0 Å². The van der Waals surface area contributed by atoms with Crippen LogP contribution in [0.5, 0.6) is 11.5 Å². The molecule has 2 aromatic heterocycles. The van der Waals surface area contributed by atoms with Gasteiger partial charge in [0, 0.05) is 24.0 Å². The minimum atomic E-state index is -0.516. The minimum absolute atomic E-state index is 0.263. The normalized spacial score (nSPS) is 11.9. The Morgan fingerprint density at radius 3 is 2.62 bits per heavy atom. The highest BCUT2D eigenvalue weighted by molar-refractivity contribution is 5.75. The molecule has 4 aromatic rings. The number of hydrogen-bond acceptors (Lipinski definition) is 6. The third-order valence-corrected chi connectivity index (χ3v) is 5.17. The summed E-state index contributed by atoms with van der Waals surface area (Å²) in [5.41, 5.74) is 1.69. The summed E-state index contributed by atoms with van der Waals surface area (Å²) in [5, 5.41) is 11.5. The van der Waals surface area contributed by atoms with Crippen molar-refractivity contribution in [1.82, 2.24) is 15.0 Å². The van der Waals surface area contributed by atoms with E-state index in [1.807, 2.05) is 60.7 Å². The van der Waals surface area contributed by atoms with Gasteiger partial charge in [0.05, 0.1) is 18.2 Å². The lowest BCUT2D eigenvalue weighted by Gasteiger charge is -2.13. The number of ether oxygens (including phenoxy) is 2. The number of aromatic nitrogens is 3.